The highest BCUT2D eigenvalue weighted by Crippen LogP contribution is 2.23. The smallest absolute Gasteiger partial charge is 0.238 e. The zero-order valence-electron chi connectivity index (χ0n) is 14.3. The first-order chi connectivity index (χ1) is 11.8. The Morgan fingerprint density at radius 1 is 1.12 bits per heavy atom. The van der Waals surface area contributed by atoms with Crippen LogP contribution in [0, 0.1) is 13.8 Å². The number of nitrogens with one attached hydrogen (secondary N) is 1. The van der Waals surface area contributed by atoms with Crippen molar-refractivity contribution >= 4 is 27.7 Å². The van der Waals surface area contributed by atoms with Crippen LogP contribution in [0.15, 0.2) is 52.3 Å². The lowest BCUT2D eigenvalue weighted by Gasteiger charge is -2.08. The molecule has 0 unspecified atom stereocenters. The number of rotatable bonds is 7. The molecule has 0 fully saturated rings. The van der Waals surface area contributed by atoms with E-state index in [1.165, 1.54) is 35.0 Å². The van der Waals surface area contributed by atoms with E-state index in [1.807, 2.05) is 13.8 Å². The van der Waals surface area contributed by atoms with Gasteiger partial charge in [-0.05, 0) is 49.6 Å². The first-order valence-electron chi connectivity index (χ1n) is 7.84. The largest absolute Gasteiger partial charge is 0.355 e. The Hall–Kier alpha value is -1.83. The van der Waals surface area contributed by atoms with E-state index < -0.39 is 10.0 Å². The number of carbonyl (C=O) groups is 1. The van der Waals surface area contributed by atoms with Crippen LogP contribution in [0.2, 0.25) is 0 Å². The van der Waals surface area contributed by atoms with E-state index in [4.69, 9.17) is 5.14 Å². The molecule has 2 aromatic rings. The highest BCUT2D eigenvalue weighted by molar-refractivity contribution is 8.00. The van der Waals surface area contributed by atoms with Gasteiger partial charge in [-0.15, -0.1) is 11.8 Å². The Bertz CT molecular complexity index is 847. The summed E-state index contributed by atoms with van der Waals surface area (Å²) in [4.78, 5) is 13.2. The molecule has 0 radical (unpaired) electrons. The Morgan fingerprint density at radius 3 is 2.44 bits per heavy atom. The molecule has 2 aromatic carbocycles. The maximum Gasteiger partial charge on any atom is 0.238 e. The molecule has 2 rings (SSSR count). The third-order valence-corrected chi connectivity index (χ3v) is 5.78. The summed E-state index contributed by atoms with van der Waals surface area (Å²) in [6.45, 7) is 4.57. The molecule has 0 aromatic heterocycles. The van der Waals surface area contributed by atoms with Crippen molar-refractivity contribution < 1.29 is 13.2 Å². The molecule has 134 valence electrons. The Balaban J connectivity index is 1.78. The average molecular weight is 379 g/mol. The molecule has 0 atom stereocenters. The molecule has 0 aliphatic rings. The first-order valence-corrected chi connectivity index (χ1v) is 10.4. The molecule has 0 aliphatic carbocycles. The Labute approximate surface area is 153 Å². The summed E-state index contributed by atoms with van der Waals surface area (Å²) in [5.74, 6) is 0.348. The van der Waals surface area contributed by atoms with Crippen molar-refractivity contribution in [3.05, 3.63) is 59.2 Å². The van der Waals surface area contributed by atoms with Gasteiger partial charge in [0, 0.05) is 11.4 Å². The summed E-state index contributed by atoms with van der Waals surface area (Å²) in [6, 6.07) is 12.6. The number of aryl methyl sites for hydroxylation is 2. The van der Waals surface area contributed by atoms with Gasteiger partial charge in [-0.1, -0.05) is 29.8 Å². The summed E-state index contributed by atoms with van der Waals surface area (Å²) in [7, 11) is -3.67. The minimum absolute atomic E-state index is 0.0212. The highest BCUT2D eigenvalue weighted by Gasteiger charge is 2.08. The molecule has 0 heterocycles. The number of sulfonamides is 1. The van der Waals surface area contributed by atoms with Gasteiger partial charge in [-0.3, -0.25) is 4.79 Å². The van der Waals surface area contributed by atoms with Gasteiger partial charge in [0.05, 0.1) is 10.6 Å². The van der Waals surface area contributed by atoms with E-state index in [0.29, 0.717) is 18.7 Å². The molecule has 0 saturated heterocycles. The second-order valence-electron chi connectivity index (χ2n) is 5.85. The van der Waals surface area contributed by atoms with Crippen LogP contribution >= 0.6 is 11.8 Å². The highest BCUT2D eigenvalue weighted by atomic mass is 32.2. The fourth-order valence-electron chi connectivity index (χ4n) is 2.25. The van der Waals surface area contributed by atoms with Crippen molar-refractivity contribution in [2.24, 2.45) is 5.14 Å². The molecule has 7 heteroatoms. The normalized spacial score (nSPS) is 11.3. The average Bonchev–Trinajstić information content (AvgIpc) is 2.55. The SMILES string of the molecule is Cc1ccc(C)c(SCC(=O)NCCc2ccc(S(N)(=O)=O)cc2)c1. The van der Waals surface area contributed by atoms with Crippen molar-refractivity contribution in [3.8, 4) is 0 Å². The van der Waals surface area contributed by atoms with Crippen LogP contribution in [0.25, 0.3) is 0 Å². The summed E-state index contributed by atoms with van der Waals surface area (Å²) < 4.78 is 22.4. The molecule has 25 heavy (non-hydrogen) atoms. The van der Waals surface area contributed by atoms with E-state index in [0.717, 1.165) is 10.5 Å². The van der Waals surface area contributed by atoms with E-state index in [2.05, 4.69) is 23.5 Å². The van der Waals surface area contributed by atoms with Crippen LogP contribution in [0.5, 0.6) is 0 Å². The number of nitrogens with two attached hydrogens (primary N) is 1. The maximum atomic E-state index is 12.0. The fraction of sp³-hybridized carbons (Fsp3) is 0.278. The topological polar surface area (TPSA) is 89.3 Å². The van der Waals surface area contributed by atoms with Gasteiger partial charge < -0.3 is 5.32 Å². The van der Waals surface area contributed by atoms with E-state index in [-0.39, 0.29) is 10.8 Å². The Kier molecular flexibility index (Phi) is 6.64. The number of hydrogen-bond donors (Lipinski definition) is 2. The number of carbonyl (C=O) groups excluding carboxylic acids is 1. The van der Waals surface area contributed by atoms with Crippen LogP contribution in [-0.4, -0.2) is 26.6 Å². The number of benzene rings is 2. The first kappa shape index (κ1) is 19.5. The second kappa shape index (κ2) is 8.51. The standard InChI is InChI=1S/C18H22N2O3S2/c1-13-3-4-14(2)17(11-13)24-12-18(21)20-10-9-15-5-7-16(8-6-15)25(19,22)23/h3-8,11H,9-10,12H2,1-2H3,(H,20,21)(H2,19,22,23). The molecular formula is C18H22N2O3S2. The van der Waals surface area contributed by atoms with Crippen molar-refractivity contribution in [1.29, 1.82) is 0 Å². The summed E-state index contributed by atoms with van der Waals surface area (Å²) in [5.41, 5.74) is 3.28. The van der Waals surface area contributed by atoms with Gasteiger partial charge in [-0.25, -0.2) is 13.6 Å². The number of thioether (sulfide) groups is 1. The predicted octanol–water partition coefficient (Wildman–Crippen LogP) is 2.40. The van der Waals surface area contributed by atoms with Crippen molar-refractivity contribution in [2.45, 2.75) is 30.1 Å². The molecular weight excluding hydrogens is 356 g/mol. The van der Waals surface area contributed by atoms with Crippen molar-refractivity contribution in [1.82, 2.24) is 5.32 Å². The quantitative estimate of drug-likeness (QED) is 0.724. The second-order valence-corrected chi connectivity index (χ2v) is 8.43. The molecule has 0 spiro atoms. The van der Waals surface area contributed by atoms with Crippen LogP contribution in [0.3, 0.4) is 0 Å². The zero-order chi connectivity index (χ0) is 18.4. The third-order valence-electron chi connectivity index (χ3n) is 3.69. The van der Waals surface area contributed by atoms with E-state index in [9.17, 15) is 13.2 Å². The molecule has 1 amide bonds. The van der Waals surface area contributed by atoms with Gasteiger partial charge >= 0.3 is 0 Å². The zero-order valence-corrected chi connectivity index (χ0v) is 15.9. The van der Waals surface area contributed by atoms with Gasteiger partial charge in [-0.2, -0.15) is 0 Å². The molecule has 5 nitrogen and oxygen atoms in total. The minimum Gasteiger partial charge on any atom is -0.355 e. The van der Waals surface area contributed by atoms with Crippen LogP contribution < -0.4 is 10.5 Å². The number of hydrogen-bond acceptors (Lipinski definition) is 4. The Morgan fingerprint density at radius 2 is 1.80 bits per heavy atom. The van der Waals surface area contributed by atoms with Gasteiger partial charge in [0.2, 0.25) is 15.9 Å². The van der Waals surface area contributed by atoms with Crippen LogP contribution in [0.1, 0.15) is 16.7 Å². The summed E-state index contributed by atoms with van der Waals surface area (Å²) in [5, 5.41) is 7.94. The monoisotopic (exact) mass is 378 g/mol. The molecule has 0 aliphatic heterocycles. The van der Waals surface area contributed by atoms with Gasteiger partial charge in [0.25, 0.3) is 0 Å². The minimum atomic E-state index is -3.67. The lowest BCUT2D eigenvalue weighted by atomic mass is 10.1. The van der Waals surface area contributed by atoms with Crippen LogP contribution in [0.4, 0.5) is 0 Å². The lowest BCUT2D eigenvalue weighted by Crippen LogP contribution is -2.27. The number of primary sulfonamides is 1. The van der Waals surface area contributed by atoms with Crippen molar-refractivity contribution in [2.75, 3.05) is 12.3 Å². The van der Waals surface area contributed by atoms with Crippen molar-refractivity contribution in [3.63, 3.8) is 0 Å². The van der Waals surface area contributed by atoms with Crippen LogP contribution in [-0.2, 0) is 21.2 Å². The number of amides is 1. The fourth-order valence-corrected chi connectivity index (χ4v) is 3.72. The predicted molar refractivity (Wildman–Crippen MR) is 101 cm³/mol. The third kappa shape index (κ3) is 6.19. The summed E-state index contributed by atoms with van der Waals surface area (Å²) in [6.07, 6.45) is 0.630. The summed E-state index contributed by atoms with van der Waals surface area (Å²) >= 11 is 1.53. The van der Waals surface area contributed by atoms with E-state index >= 15 is 0 Å². The maximum absolute atomic E-state index is 12.0. The molecule has 0 saturated carbocycles. The molecule has 3 N–H and O–H groups in total. The molecule has 0 bridgehead atoms. The van der Waals surface area contributed by atoms with E-state index in [1.54, 1.807) is 12.1 Å². The van der Waals surface area contributed by atoms with Gasteiger partial charge in [0.15, 0.2) is 0 Å². The lowest BCUT2D eigenvalue weighted by molar-refractivity contribution is -0.118. The van der Waals surface area contributed by atoms with Gasteiger partial charge in [0.1, 0.15) is 0 Å².